The van der Waals surface area contributed by atoms with E-state index in [0.29, 0.717) is 6.54 Å². The summed E-state index contributed by atoms with van der Waals surface area (Å²) in [6, 6.07) is 0. The van der Waals surface area contributed by atoms with Gasteiger partial charge in [0.15, 0.2) is 0 Å². The predicted octanol–water partition coefficient (Wildman–Crippen LogP) is 0.890. The van der Waals surface area contributed by atoms with Gasteiger partial charge in [0.2, 0.25) is 6.08 Å². The molecular weight excluding hydrogens is 130 g/mol. The molecule has 0 aromatic carbocycles. The first-order valence-corrected chi connectivity index (χ1v) is 3.26. The fourth-order valence-electron chi connectivity index (χ4n) is 0.943. The van der Waals surface area contributed by atoms with Crippen LogP contribution in [0.3, 0.4) is 0 Å². The second-order valence-corrected chi connectivity index (χ2v) is 3.25. The monoisotopic (exact) mass is 141 g/mol. The van der Waals surface area contributed by atoms with Gasteiger partial charge in [0.25, 0.3) is 0 Å². The molecule has 3 nitrogen and oxygen atoms in total. The molecule has 1 unspecified atom stereocenters. The molecule has 1 rings (SSSR count). The third-order valence-electron chi connectivity index (χ3n) is 2.16. The number of rotatable bonds is 2. The molecule has 10 heavy (non-hydrogen) atoms. The van der Waals surface area contributed by atoms with Crippen molar-refractivity contribution in [2.75, 3.05) is 6.54 Å². The SMILES string of the molecule is CC1(C)OC1(C)CN=C=O. The Labute approximate surface area is 60.1 Å². The number of carbonyl (C=O) groups excluding carboxylic acids is 1. The molecule has 0 spiro atoms. The average Bonchev–Trinajstić information content (AvgIpc) is 2.29. The van der Waals surface area contributed by atoms with E-state index in [1.54, 1.807) is 0 Å². The number of ether oxygens (including phenoxy) is 1. The Morgan fingerprint density at radius 1 is 1.50 bits per heavy atom. The number of hydrogen-bond acceptors (Lipinski definition) is 3. The van der Waals surface area contributed by atoms with Gasteiger partial charge in [0, 0.05) is 0 Å². The fraction of sp³-hybridized carbons (Fsp3) is 0.857. The Morgan fingerprint density at radius 3 is 2.30 bits per heavy atom. The van der Waals surface area contributed by atoms with Crippen LogP contribution in [0.2, 0.25) is 0 Å². The van der Waals surface area contributed by atoms with Crippen LogP contribution in [0.1, 0.15) is 20.8 Å². The normalized spacial score (nSPS) is 34.7. The van der Waals surface area contributed by atoms with Crippen molar-refractivity contribution < 1.29 is 9.53 Å². The Hall–Kier alpha value is -0.660. The summed E-state index contributed by atoms with van der Waals surface area (Å²) >= 11 is 0. The van der Waals surface area contributed by atoms with Crippen LogP contribution in [0.25, 0.3) is 0 Å². The number of hydrogen-bond donors (Lipinski definition) is 0. The second-order valence-electron chi connectivity index (χ2n) is 3.25. The first kappa shape index (κ1) is 7.45. The Balaban J connectivity index is 2.51. The van der Waals surface area contributed by atoms with E-state index in [-0.39, 0.29) is 11.2 Å². The highest BCUT2D eigenvalue weighted by Crippen LogP contribution is 2.46. The Kier molecular flexibility index (Phi) is 1.42. The summed E-state index contributed by atoms with van der Waals surface area (Å²) in [5, 5.41) is 0. The molecule has 56 valence electrons. The van der Waals surface area contributed by atoms with Gasteiger partial charge in [-0.3, -0.25) is 0 Å². The molecule has 1 fully saturated rings. The lowest BCUT2D eigenvalue weighted by Gasteiger charge is -2.01. The van der Waals surface area contributed by atoms with E-state index in [4.69, 9.17) is 4.74 Å². The number of aliphatic imine (C=N–C) groups is 1. The van der Waals surface area contributed by atoms with Crippen LogP contribution in [0.15, 0.2) is 4.99 Å². The summed E-state index contributed by atoms with van der Waals surface area (Å²) in [6.07, 6.45) is 1.50. The quantitative estimate of drug-likeness (QED) is 0.325. The van der Waals surface area contributed by atoms with Crippen molar-refractivity contribution in [1.29, 1.82) is 0 Å². The lowest BCUT2D eigenvalue weighted by atomic mass is 9.99. The van der Waals surface area contributed by atoms with Crippen LogP contribution >= 0.6 is 0 Å². The molecule has 1 heterocycles. The van der Waals surface area contributed by atoms with Crippen molar-refractivity contribution in [3.63, 3.8) is 0 Å². The van der Waals surface area contributed by atoms with Crippen molar-refractivity contribution in [1.82, 2.24) is 0 Å². The van der Waals surface area contributed by atoms with Crippen LogP contribution in [-0.2, 0) is 9.53 Å². The number of isocyanates is 1. The van der Waals surface area contributed by atoms with E-state index < -0.39 is 0 Å². The molecule has 0 amide bonds. The van der Waals surface area contributed by atoms with Gasteiger partial charge in [-0.25, -0.2) is 9.79 Å². The molecular formula is C7H11NO2. The van der Waals surface area contributed by atoms with Gasteiger partial charge >= 0.3 is 0 Å². The molecule has 0 saturated carbocycles. The van der Waals surface area contributed by atoms with E-state index in [2.05, 4.69) is 4.99 Å². The maximum Gasteiger partial charge on any atom is 0.235 e. The summed E-state index contributed by atoms with van der Waals surface area (Å²) in [4.78, 5) is 13.2. The molecule has 0 radical (unpaired) electrons. The van der Waals surface area contributed by atoms with Crippen molar-refractivity contribution >= 4 is 6.08 Å². The molecule has 1 aliphatic heterocycles. The summed E-state index contributed by atoms with van der Waals surface area (Å²) in [6.45, 7) is 6.32. The lowest BCUT2D eigenvalue weighted by Crippen LogP contribution is -2.19. The van der Waals surface area contributed by atoms with Gasteiger partial charge in [0.1, 0.15) is 5.60 Å². The molecule has 0 aromatic rings. The van der Waals surface area contributed by atoms with E-state index in [9.17, 15) is 4.79 Å². The molecule has 1 atom stereocenters. The van der Waals surface area contributed by atoms with Crippen molar-refractivity contribution in [2.45, 2.75) is 32.0 Å². The minimum atomic E-state index is -0.232. The molecule has 0 bridgehead atoms. The first-order chi connectivity index (χ1) is 4.52. The fourth-order valence-corrected chi connectivity index (χ4v) is 0.943. The smallest absolute Gasteiger partial charge is 0.235 e. The minimum Gasteiger partial charge on any atom is -0.361 e. The summed E-state index contributed by atoms with van der Waals surface area (Å²) < 4.78 is 5.32. The lowest BCUT2D eigenvalue weighted by molar-refractivity contribution is 0.289. The zero-order chi connectivity index (χ0) is 7.83. The third kappa shape index (κ3) is 0.981. The highest BCUT2D eigenvalue weighted by atomic mass is 16.6. The van der Waals surface area contributed by atoms with Gasteiger partial charge in [-0.05, 0) is 20.8 Å². The van der Waals surface area contributed by atoms with Crippen LogP contribution < -0.4 is 0 Å². The molecule has 0 aromatic heterocycles. The molecule has 3 heteroatoms. The zero-order valence-corrected chi connectivity index (χ0v) is 6.47. The topological polar surface area (TPSA) is 42.0 Å². The van der Waals surface area contributed by atoms with Crippen LogP contribution in [0.4, 0.5) is 0 Å². The summed E-state index contributed by atoms with van der Waals surface area (Å²) in [7, 11) is 0. The second kappa shape index (κ2) is 1.91. The van der Waals surface area contributed by atoms with Gasteiger partial charge in [-0.2, -0.15) is 0 Å². The molecule has 0 N–H and O–H groups in total. The van der Waals surface area contributed by atoms with Crippen LogP contribution in [0.5, 0.6) is 0 Å². The Bertz CT molecular complexity index is 194. The zero-order valence-electron chi connectivity index (χ0n) is 6.47. The van der Waals surface area contributed by atoms with Crippen molar-refractivity contribution in [3.05, 3.63) is 0 Å². The van der Waals surface area contributed by atoms with Crippen LogP contribution in [-0.4, -0.2) is 23.8 Å². The third-order valence-corrected chi connectivity index (χ3v) is 2.16. The highest BCUT2D eigenvalue weighted by Gasteiger charge is 2.59. The van der Waals surface area contributed by atoms with Gasteiger partial charge in [-0.15, -0.1) is 0 Å². The largest absolute Gasteiger partial charge is 0.361 e. The number of nitrogens with zero attached hydrogens (tertiary/aromatic N) is 1. The van der Waals surface area contributed by atoms with Crippen molar-refractivity contribution in [2.24, 2.45) is 4.99 Å². The van der Waals surface area contributed by atoms with Gasteiger partial charge < -0.3 is 4.74 Å². The summed E-state index contributed by atoms with van der Waals surface area (Å²) in [5.41, 5.74) is -0.349. The van der Waals surface area contributed by atoms with Crippen molar-refractivity contribution in [3.8, 4) is 0 Å². The van der Waals surface area contributed by atoms with Gasteiger partial charge in [-0.1, -0.05) is 0 Å². The van der Waals surface area contributed by atoms with E-state index in [1.807, 2.05) is 20.8 Å². The van der Waals surface area contributed by atoms with E-state index in [0.717, 1.165) is 0 Å². The summed E-state index contributed by atoms with van der Waals surface area (Å²) in [5.74, 6) is 0. The Morgan fingerprint density at radius 2 is 2.00 bits per heavy atom. The molecule has 1 aliphatic rings. The number of epoxide rings is 1. The first-order valence-electron chi connectivity index (χ1n) is 3.26. The van der Waals surface area contributed by atoms with E-state index >= 15 is 0 Å². The standard InChI is InChI=1S/C7H11NO2/c1-6(2)7(3,10-6)4-8-5-9/h4H2,1-3H3. The maximum absolute atomic E-state index is 9.74. The predicted molar refractivity (Wildman–Crippen MR) is 36.6 cm³/mol. The minimum absolute atomic E-state index is 0.118. The molecule has 1 saturated heterocycles. The van der Waals surface area contributed by atoms with Crippen LogP contribution in [0, 0.1) is 0 Å². The highest BCUT2D eigenvalue weighted by molar-refractivity contribution is 5.33. The van der Waals surface area contributed by atoms with E-state index in [1.165, 1.54) is 6.08 Å². The average molecular weight is 141 g/mol. The maximum atomic E-state index is 9.74. The van der Waals surface area contributed by atoms with Gasteiger partial charge in [0.05, 0.1) is 12.1 Å². The molecule has 0 aliphatic carbocycles.